The lowest BCUT2D eigenvalue weighted by molar-refractivity contribution is -0.143. The Morgan fingerprint density at radius 1 is 1.12 bits per heavy atom. The van der Waals surface area contributed by atoms with Gasteiger partial charge in [-0.3, -0.25) is 4.79 Å². The minimum Gasteiger partial charge on any atom is -0.364 e. The lowest BCUT2D eigenvalue weighted by Crippen LogP contribution is -2.51. The number of carbonyl (C=O) groups excluding carboxylic acids is 1. The monoisotopic (exact) mass is 359 g/mol. The first-order valence-electron chi connectivity index (χ1n) is 8.45. The zero-order chi connectivity index (χ0) is 17.6. The van der Waals surface area contributed by atoms with Crippen LogP contribution in [0.2, 0.25) is 5.15 Å². The van der Waals surface area contributed by atoms with Gasteiger partial charge in [0.15, 0.2) is 0 Å². The highest BCUT2D eigenvalue weighted by molar-refractivity contribution is 6.29. The van der Waals surface area contributed by atoms with Crippen LogP contribution < -0.4 is 4.90 Å². The van der Waals surface area contributed by atoms with Crippen molar-refractivity contribution in [3.63, 3.8) is 0 Å². The predicted molar refractivity (Wildman–Crippen MR) is 98.7 cm³/mol. The third-order valence-electron chi connectivity index (χ3n) is 4.31. The van der Waals surface area contributed by atoms with Gasteiger partial charge in [-0.1, -0.05) is 48.0 Å². The lowest BCUT2D eigenvalue weighted by Gasteiger charge is -2.36. The zero-order valence-corrected chi connectivity index (χ0v) is 15.0. The van der Waals surface area contributed by atoms with E-state index in [0.29, 0.717) is 24.8 Å². The summed E-state index contributed by atoms with van der Waals surface area (Å²) < 4.78 is 5.74. The Balaban J connectivity index is 1.49. The molecule has 1 aromatic heterocycles. The molecule has 2 heterocycles. The van der Waals surface area contributed by atoms with E-state index in [1.54, 1.807) is 6.07 Å². The molecule has 1 aliphatic heterocycles. The van der Waals surface area contributed by atoms with Crippen molar-refractivity contribution in [2.24, 2.45) is 0 Å². The Morgan fingerprint density at radius 3 is 2.52 bits per heavy atom. The maximum Gasteiger partial charge on any atom is 0.251 e. The minimum atomic E-state index is -0.448. The van der Waals surface area contributed by atoms with Gasteiger partial charge in [-0.15, -0.1) is 0 Å². The highest BCUT2D eigenvalue weighted by Gasteiger charge is 2.25. The van der Waals surface area contributed by atoms with Gasteiger partial charge >= 0.3 is 0 Å². The third kappa shape index (κ3) is 4.71. The summed E-state index contributed by atoms with van der Waals surface area (Å²) in [5.41, 5.74) is 1.07. The first kappa shape index (κ1) is 17.7. The first-order valence-corrected chi connectivity index (χ1v) is 8.83. The zero-order valence-electron chi connectivity index (χ0n) is 14.3. The van der Waals surface area contributed by atoms with E-state index < -0.39 is 6.10 Å². The average Bonchev–Trinajstić information content (AvgIpc) is 2.66. The molecule has 0 spiro atoms. The molecule has 1 saturated heterocycles. The van der Waals surface area contributed by atoms with Crippen LogP contribution in [0.25, 0.3) is 0 Å². The molecule has 1 fully saturated rings. The normalized spacial score (nSPS) is 15.9. The van der Waals surface area contributed by atoms with E-state index in [0.717, 1.165) is 24.5 Å². The van der Waals surface area contributed by atoms with Crippen LogP contribution in [-0.4, -0.2) is 48.1 Å². The van der Waals surface area contributed by atoms with Gasteiger partial charge in [0, 0.05) is 26.2 Å². The smallest absolute Gasteiger partial charge is 0.251 e. The second kappa shape index (κ2) is 8.32. The Bertz CT molecular complexity index is 703. The lowest BCUT2D eigenvalue weighted by atomic mass is 10.2. The second-order valence-corrected chi connectivity index (χ2v) is 6.46. The Labute approximate surface area is 153 Å². The quantitative estimate of drug-likeness (QED) is 0.770. The van der Waals surface area contributed by atoms with Gasteiger partial charge in [0.1, 0.15) is 17.1 Å². The van der Waals surface area contributed by atoms with Crippen molar-refractivity contribution in [3.8, 4) is 0 Å². The molecule has 1 atom stereocenters. The first-order chi connectivity index (χ1) is 12.1. The fourth-order valence-corrected chi connectivity index (χ4v) is 3.01. The largest absolute Gasteiger partial charge is 0.364 e. The number of hydrogen-bond acceptors (Lipinski definition) is 4. The summed E-state index contributed by atoms with van der Waals surface area (Å²) in [6.07, 6.45) is -0.448. The van der Waals surface area contributed by atoms with Crippen molar-refractivity contribution in [2.75, 3.05) is 31.1 Å². The van der Waals surface area contributed by atoms with Gasteiger partial charge in [-0.05, 0) is 24.6 Å². The van der Waals surface area contributed by atoms with Crippen LogP contribution in [0, 0.1) is 0 Å². The SMILES string of the molecule is CC(OCc1ccccc1)C(=O)N1CCN(c2cccc(Cl)n2)CC1. The summed E-state index contributed by atoms with van der Waals surface area (Å²) in [7, 11) is 0. The molecule has 25 heavy (non-hydrogen) atoms. The van der Waals surface area contributed by atoms with E-state index in [1.165, 1.54) is 0 Å². The maximum atomic E-state index is 12.6. The number of anilines is 1. The van der Waals surface area contributed by atoms with Crippen LogP contribution in [0.3, 0.4) is 0 Å². The Kier molecular flexibility index (Phi) is 5.89. The number of aromatic nitrogens is 1. The standard InChI is InChI=1S/C19H22ClN3O2/c1-15(25-14-16-6-3-2-4-7-16)19(24)23-12-10-22(11-13-23)18-9-5-8-17(20)21-18/h2-9,15H,10-14H2,1H3. The molecule has 132 valence electrons. The van der Waals surface area contributed by atoms with E-state index >= 15 is 0 Å². The molecule has 0 aliphatic carbocycles. The van der Waals surface area contributed by atoms with Crippen LogP contribution in [0.4, 0.5) is 5.82 Å². The van der Waals surface area contributed by atoms with Gasteiger partial charge in [-0.2, -0.15) is 0 Å². The summed E-state index contributed by atoms with van der Waals surface area (Å²) >= 11 is 5.95. The Hall–Kier alpha value is -2.11. The van der Waals surface area contributed by atoms with Crippen molar-refractivity contribution in [1.29, 1.82) is 0 Å². The molecule has 1 aromatic carbocycles. The number of benzene rings is 1. The highest BCUT2D eigenvalue weighted by Crippen LogP contribution is 2.17. The predicted octanol–water partition coefficient (Wildman–Crippen LogP) is 2.99. The summed E-state index contributed by atoms with van der Waals surface area (Å²) in [5, 5.41) is 0.485. The van der Waals surface area contributed by atoms with E-state index in [9.17, 15) is 4.79 Å². The highest BCUT2D eigenvalue weighted by atomic mass is 35.5. The molecule has 3 rings (SSSR count). The number of carbonyl (C=O) groups is 1. The van der Waals surface area contributed by atoms with Gasteiger partial charge < -0.3 is 14.5 Å². The van der Waals surface area contributed by atoms with Crippen molar-refractivity contribution in [1.82, 2.24) is 9.88 Å². The number of nitrogens with zero attached hydrogens (tertiary/aromatic N) is 3. The van der Waals surface area contributed by atoms with Gasteiger partial charge in [0.2, 0.25) is 0 Å². The van der Waals surface area contributed by atoms with Crippen molar-refractivity contribution >= 4 is 23.3 Å². The van der Waals surface area contributed by atoms with Gasteiger partial charge in [0.25, 0.3) is 5.91 Å². The van der Waals surface area contributed by atoms with Gasteiger partial charge in [-0.25, -0.2) is 4.98 Å². The molecule has 5 nitrogen and oxygen atoms in total. The molecular formula is C19H22ClN3O2. The molecular weight excluding hydrogens is 338 g/mol. The molecule has 1 unspecified atom stereocenters. The van der Waals surface area contributed by atoms with E-state index in [4.69, 9.17) is 16.3 Å². The van der Waals surface area contributed by atoms with Crippen LogP contribution in [-0.2, 0) is 16.1 Å². The number of pyridine rings is 1. The fraction of sp³-hybridized carbons (Fsp3) is 0.368. The summed E-state index contributed by atoms with van der Waals surface area (Å²) in [5.74, 6) is 0.891. The van der Waals surface area contributed by atoms with E-state index in [2.05, 4.69) is 9.88 Å². The number of amides is 1. The molecule has 0 bridgehead atoms. The molecule has 2 aromatic rings. The van der Waals surface area contributed by atoms with Gasteiger partial charge in [0.05, 0.1) is 6.61 Å². The van der Waals surface area contributed by atoms with Crippen LogP contribution in [0.1, 0.15) is 12.5 Å². The third-order valence-corrected chi connectivity index (χ3v) is 4.52. The summed E-state index contributed by atoms with van der Waals surface area (Å²) in [6.45, 7) is 5.06. The van der Waals surface area contributed by atoms with Crippen molar-refractivity contribution < 1.29 is 9.53 Å². The number of hydrogen-bond donors (Lipinski definition) is 0. The summed E-state index contributed by atoms with van der Waals surface area (Å²) in [6, 6.07) is 15.5. The molecule has 6 heteroatoms. The molecule has 0 radical (unpaired) electrons. The minimum absolute atomic E-state index is 0.0367. The molecule has 1 amide bonds. The van der Waals surface area contributed by atoms with Crippen LogP contribution >= 0.6 is 11.6 Å². The summed E-state index contributed by atoms with van der Waals surface area (Å²) in [4.78, 5) is 20.9. The van der Waals surface area contributed by atoms with Crippen LogP contribution in [0.15, 0.2) is 48.5 Å². The van der Waals surface area contributed by atoms with Crippen molar-refractivity contribution in [2.45, 2.75) is 19.6 Å². The topological polar surface area (TPSA) is 45.7 Å². The molecule has 0 saturated carbocycles. The van der Waals surface area contributed by atoms with E-state index in [-0.39, 0.29) is 5.91 Å². The molecule has 1 aliphatic rings. The van der Waals surface area contributed by atoms with Crippen LogP contribution in [0.5, 0.6) is 0 Å². The second-order valence-electron chi connectivity index (χ2n) is 6.07. The number of rotatable bonds is 5. The molecule has 0 N–H and O–H groups in total. The maximum absolute atomic E-state index is 12.6. The number of ether oxygens (including phenoxy) is 1. The fourth-order valence-electron chi connectivity index (χ4n) is 2.85. The average molecular weight is 360 g/mol. The number of halogens is 1. The van der Waals surface area contributed by atoms with Crippen molar-refractivity contribution in [3.05, 3.63) is 59.2 Å². The number of piperazine rings is 1. The van der Waals surface area contributed by atoms with E-state index in [1.807, 2.05) is 54.3 Å². The Morgan fingerprint density at radius 2 is 1.84 bits per heavy atom.